The van der Waals surface area contributed by atoms with Crippen molar-refractivity contribution in [2.24, 2.45) is 11.7 Å². The van der Waals surface area contributed by atoms with E-state index in [1.54, 1.807) is 54.6 Å². The molecule has 1 fully saturated rings. The first-order valence-electron chi connectivity index (χ1n) is 12.9. The Morgan fingerprint density at radius 2 is 1.68 bits per heavy atom. The van der Waals surface area contributed by atoms with E-state index in [1.807, 2.05) is 0 Å². The molecule has 206 valence electrons. The summed E-state index contributed by atoms with van der Waals surface area (Å²) in [5.41, 5.74) is 7.53. The van der Waals surface area contributed by atoms with Crippen LogP contribution in [0, 0.1) is 11.3 Å². The minimum absolute atomic E-state index is 0.0326. The van der Waals surface area contributed by atoms with Gasteiger partial charge in [0, 0.05) is 12.1 Å². The van der Waals surface area contributed by atoms with Crippen LogP contribution in [0.2, 0.25) is 0 Å². The Bertz CT molecular complexity index is 1180. The van der Waals surface area contributed by atoms with Crippen LogP contribution in [0.15, 0.2) is 54.6 Å². The van der Waals surface area contributed by atoms with Crippen LogP contribution in [-0.2, 0) is 31.9 Å². The van der Waals surface area contributed by atoms with Crippen molar-refractivity contribution in [1.82, 2.24) is 20.7 Å². The van der Waals surface area contributed by atoms with Crippen molar-refractivity contribution in [3.05, 3.63) is 71.3 Å². The molecule has 0 saturated carbocycles. The zero-order valence-electron chi connectivity index (χ0n) is 21.7. The number of hydrogen-bond donors (Lipinski definition) is 6. The molecule has 0 unspecified atom stereocenters. The van der Waals surface area contributed by atoms with Crippen LogP contribution < -0.4 is 26.4 Å². The van der Waals surface area contributed by atoms with Gasteiger partial charge in [-0.05, 0) is 62.7 Å². The first kappa shape index (κ1) is 29.3. The van der Waals surface area contributed by atoms with Gasteiger partial charge in [-0.3, -0.25) is 15.0 Å². The third-order valence-corrected chi connectivity index (χ3v) is 8.06. The number of carbonyl (C=O) groups is 2. The topological polar surface area (TPSA) is 166 Å². The van der Waals surface area contributed by atoms with E-state index in [4.69, 9.17) is 11.1 Å². The predicted molar refractivity (Wildman–Crippen MR) is 148 cm³/mol. The third kappa shape index (κ3) is 9.55. The first-order chi connectivity index (χ1) is 18.1. The van der Waals surface area contributed by atoms with Gasteiger partial charge in [0.15, 0.2) is 0 Å². The molecule has 0 spiro atoms. The SMILES string of the molecule is C[C@@H](NS(=O)(=O)Cc1ccccc1)C(=O)N[C@@H](CCC1CCNCC1)C(=O)NCc1ccc(C(=N)N)cc1. The van der Waals surface area contributed by atoms with Crippen LogP contribution in [-0.4, -0.2) is 51.2 Å². The number of piperidine rings is 1. The summed E-state index contributed by atoms with van der Waals surface area (Å²) in [7, 11) is -3.76. The van der Waals surface area contributed by atoms with E-state index < -0.39 is 28.0 Å². The van der Waals surface area contributed by atoms with Crippen molar-refractivity contribution in [3.63, 3.8) is 0 Å². The van der Waals surface area contributed by atoms with E-state index in [-0.39, 0.29) is 24.0 Å². The maximum atomic E-state index is 13.1. The number of nitrogen functional groups attached to an aromatic ring is 1. The highest BCUT2D eigenvalue weighted by Gasteiger charge is 2.27. The Hall–Kier alpha value is -3.28. The molecule has 10 nitrogen and oxygen atoms in total. The lowest BCUT2D eigenvalue weighted by Crippen LogP contribution is -2.52. The smallest absolute Gasteiger partial charge is 0.242 e. The second kappa shape index (κ2) is 14.0. The van der Waals surface area contributed by atoms with Crippen LogP contribution in [0.5, 0.6) is 0 Å². The molecule has 0 radical (unpaired) electrons. The molecule has 2 amide bonds. The summed E-state index contributed by atoms with van der Waals surface area (Å²) in [6.45, 7) is 3.58. The summed E-state index contributed by atoms with van der Waals surface area (Å²) in [5, 5.41) is 16.5. The molecule has 1 heterocycles. The molecular weight excluding hydrogens is 504 g/mol. The second-order valence-electron chi connectivity index (χ2n) is 9.74. The highest BCUT2D eigenvalue weighted by Crippen LogP contribution is 2.19. The molecule has 2 aromatic rings. The lowest BCUT2D eigenvalue weighted by atomic mass is 9.91. The van der Waals surface area contributed by atoms with Gasteiger partial charge in [-0.1, -0.05) is 54.6 Å². The van der Waals surface area contributed by atoms with Crippen LogP contribution >= 0.6 is 0 Å². The van der Waals surface area contributed by atoms with Gasteiger partial charge in [0.2, 0.25) is 21.8 Å². The molecule has 3 rings (SSSR count). The highest BCUT2D eigenvalue weighted by molar-refractivity contribution is 7.88. The number of sulfonamides is 1. The zero-order chi connectivity index (χ0) is 27.5. The molecule has 38 heavy (non-hydrogen) atoms. The van der Waals surface area contributed by atoms with Crippen molar-refractivity contribution in [3.8, 4) is 0 Å². The van der Waals surface area contributed by atoms with Crippen molar-refractivity contribution in [2.45, 2.75) is 57.0 Å². The molecule has 0 aliphatic carbocycles. The fraction of sp³-hybridized carbons (Fsp3) is 0.444. The van der Waals surface area contributed by atoms with Crippen molar-refractivity contribution >= 4 is 27.7 Å². The van der Waals surface area contributed by atoms with Crippen molar-refractivity contribution in [2.75, 3.05) is 13.1 Å². The van der Waals surface area contributed by atoms with Gasteiger partial charge in [0.1, 0.15) is 11.9 Å². The summed E-state index contributed by atoms with van der Waals surface area (Å²) < 4.78 is 27.6. The Balaban J connectivity index is 1.60. The van der Waals surface area contributed by atoms with Gasteiger partial charge >= 0.3 is 0 Å². The monoisotopic (exact) mass is 542 g/mol. The normalized spacial score (nSPS) is 15.8. The predicted octanol–water partition coefficient (Wildman–Crippen LogP) is 1.36. The van der Waals surface area contributed by atoms with Gasteiger partial charge in [0.05, 0.1) is 11.8 Å². The Labute approximate surface area is 224 Å². The summed E-state index contributed by atoms with van der Waals surface area (Å²) >= 11 is 0. The summed E-state index contributed by atoms with van der Waals surface area (Å²) in [5.74, 6) is -0.701. The van der Waals surface area contributed by atoms with E-state index >= 15 is 0 Å². The van der Waals surface area contributed by atoms with Gasteiger partial charge in [-0.2, -0.15) is 0 Å². The van der Waals surface area contributed by atoms with Crippen LogP contribution in [0.1, 0.15) is 49.3 Å². The fourth-order valence-electron chi connectivity index (χ4n) is 4.41. The molecule has 0 aromatic heterocycles. The molecule has 7 N–H and O–H groups in total. The Morgan fingerprint density at radius 3 is 2.32 bits per heavy atom. The van der Waals surface area contributed by atoms with Gasteiger partial charge in [-0.15, -0.1) is 0 Å². The summed E-state index contributed by atoms with van der Waals surface area (Å²) in [6, 6.07) is 13.9. The summed E-state index contributed by atoms with van der Waals surface area (Å²) in [6.07, 6.45) is 3.26. The lowest BCUT2D eigenvalue weighted by molar-refractivity contribution is -0.130. The number of nitrogens with one attached hydrogen (secondary N) is 5. The fourth-order valence-corrected chi connectivity index (χ4v) is 5.77. The van der Waals surface area contributed by atoms with E-state index in [0.29, 0.717) is 23.5 Å². The van der Waals surface area contributed by atoms with E-state index in [1.165, 1.54) is 6.92 Å². The number of hydrogen-bond acceptors (Lipinski definition) is 6. The molecule has 2 aromatic carbocycles. The van der Waals surface area contributed by atoms with Crippen LogP contribution in [0.3, 0.4) is 0 Å². The maximum Gasteiger partial charge on any atom is 0.242 e. The number of carbonyl (C=O) groups excluding carboxylic acids is 2. The van der Waals surface area contributed by atoms with Crippen molar-refractivity contribution in [1.29, 1.82) is 5.41 Å². The third-order valence-electron chi connectivity index (χ3n) is 6.64. The molecule has 11 heteroatoms. The average molecular weight is 543 g/mol. The number of rotatable bonds is 13. The maximum absolute atomic E-state index is 13.1. The molecule has 1 aliphatic heterocycles. The first-order valence-corrected chi connectivity index (χ1v) is 14.5. The molecular formula is C27H38N6O4S. The highest BCUT2D eigenvalue weighted by atomic mass is 32.2. The van der Waals surface area contributed by atoms with Crippen LogP contribution in [0.4, 0.5) is 0 Å². The second-order valence-corrected chi connectivity index (χ2v) is 11.5. The minimum atomic E-state index is -3.76. The van der Waals surface area contributed by atoms with Gasteiger partial charge in [0.25, 0.3) is 0 Å². The number of amides is 2. The standard InChI is InChI=1S/C27H38N6O4S/c1-19(33-38(36,37)18-22-5-3-2-4-6-22)26(34)32-24(12-9-20-13-15-30-16-14-20)27(35)31-17-21-7-10-23(11-8-21)25(28)29/h2-8,10-11,19-20,24,30,33H,9,12-18H2,1H3,(H3,28,29)(H,31,35)(H,32,34)/t19-,24+/m1/s1. The van der Waals surface area contributed by atoms with E-state index in [2.05, 4.69) is 20.7 Å². The largest absolute Gasteiger partial charge is 0.384 e. The molecule has 2 atom stereocenters. The Morgan fingerprint density at radius 1 is 1.03 bits per heavy atom. The minimum Gasteiger partial charge on any atom is -0.384 e. The average Bonchev–Trinajstić information content (AvgIpc) is 2.90. The van der Waals surface area contributed by atoms with Crippen molar-refractivity contribution < 1.29 is 18.0 Å². The number of nitrogens with two attached hydrogens (primary N) is 1. The van der Waals surface area contributed by atoms with Crippen LogP contribution in [0.25, 0.3) is 0 Å². The van der Waals surface area contributed by atoms with E-state index in [9.17, 15) is 18.0 Å². The quantitative estimate of drug-likeness (QED) is 0.165. The zero-order valence-corrected chi connectivity index (χ0v) is 22.5. The summed E-state index contributed by atoms with van der Waals surface area (Å²) in [4.78, 5) is 26.1. The number of benzene rings is 2. The Kier molecular flexibility index (Phi) is 10.8. The molecule has 0 bridgehead atoms. The van der Waals surface area contributed by atoms with Gasteiger partial charge < -0.3 is 21.7 Å². The lowest BCUT2D eigenvalue weighted by Gasteiger charge is -2.26. The number of amidine groups is 1. The molecule has 1 aliphatic rings. The van der Waals surface area contributed by atoms with E-state index in [0.717, 1.165) is 37.9 Å². The molecule has 1 saturated heterocycles. The van der Waals surface area contributed by atoms with Gasteiger partial charge in [-0.25, -0.2) is 13.1 Å².